The van der Waals surface area contributed by atoms with Crippen LogP contribution in [-0.4, -0.2) is 23.8 Å². The molecule has 0 saturated carbocycles. The third-order valence-electron chi connectivity index (χ3n) is 4.46. The summed E-state index contributed by atoms with van der Waals surface area (Å²) in [5.74, 6) is -0.769. The summed E-state index contributed by atoms with van der Waals surface area (Å²) in [7, 11) is 2.09. The van der Waals surface area contributed by atoms with Gasteiger partial charge in [-0.3, -0.25) is 19.8 Å². The lowest BCUT2D eigenvalue weighted by molar-refractivity contribution is -0.114. The SMILES string of the molecule is CN1Cc2ccc(N/C=C3\C(=O)NC(=O)c4ccc(Br)cc43)cc2C1. The number of carbonyl (C=O) groups excluding carboxylic acids is 2. The molecule has 0 spiro atoms. The average Bonchev–Trinajstić information content (AvgIpc) is 2.93. The molecule has 25 heavy (non-hydrogen) atoms. The van der Waals surface area contributed by atoms with Crippen LogP contribution < -0.4 is 10.6 Å². The van der Waals surface area contributed by atoms with E-state index in [2.05, 4.69) is 50.6 Å². The van der Waals surface area contributed by atoms with Gasteiger partial charge in [-0.25, -0.2) is 0 Å². The normalized spacial score (nSPS) is 18.1. The number of imide groups is 1. The van der Waals surface area contributed by atoms with Gasteiger partial charge in [0.15, 0.2) is 0 Å². The Morgan fingerprint density at radius 1 is 1.04 bits per heavy atom. The van der Waals surface area contributed by atoms with E-state index < -0.39 is 5.91 Å². The van der Waals surface area contributed by atoms with Crippen molar-refractivity contribution in [2.75, 3.05) is 12.4 Å². The summed E-state index contributed by atoms with van der Waals surface area (Å²) < 4.78 is 0.820. The summed E-state index contributed by atoms with van der Waals surface area (Å²) in [6.45, 7) is 1.88. The lowest BCUT2D eigenvalue weighted by atomic mass is 9.95. The van der Waals surface area contributed by atoms with Crippen LogP contribution in [0.4, 0.5) is 5.69 Å². The molecule has 0 fully saturated rings. The molecule has 6 heteroatoms. The molecule has 0 saturated heterocycles. The van der Waals surface area contributed by atoms with Crippen molar-refractivity contribution in [1.82, 2.24) is 10.2 Å². The Hall–Kier alpha value is -2.44. The lowest BCUT2D eigenvalue weighted by Gasteiger charge is -2.18. The Balaban J connectivity index is 1.67. The molecule has 0 atom stereocenters. The fourth-order valence-corrected chi connectivity index (χ4v) is 3.61. The zero-order valence-electron chi connectivity index (χ0n) is 13.6. The quantitative estimate of drug-likeness (QED) is 0.603. The highest BCUT2D eigenvalue weighted by Crippen LogP contribution is 2.28. The van der Waals surface area contributed by atoms with Gasteiger partial charge in [-0.15, -0.1) is 0 Å². The minimum absolute atomic E-state index is 0.370. The van der Waals surface area contributed by atoms with Gasteiger partial charge in [0.25, 0.3) is 11.8 Å². The number of amides is 2. The smallest absolute Gasteiger partial charge is 0.260 e. The van der Waals surface area contributed by atoms with Crippen molar-refractivity contribution in [3.8, 4) is 0 Å². The van der Waals surface area contributed by atoms with Crippen LogP contribution in [0.3, 0.4) is 0 Å². The fraction of sp³-hybridized carbons (Fsp3) is 0.158. The Morgan fingerprint density at radius 2 is 1.84 bits per heavy atom. The van der Waals surface area contributed by atoms with Crippen molar-refractivity contribution in [3.05, 3.63) is 69.3 Å². The topological polar surface area (TPSA) is 61.4 Å². The highest BCUT2D eigenvalue weighted by Gasteiger charge is 2.27. The van der Waals surface area contributed by atoms with Crippen LogP contribution in [0.25, 0.3) is 5.57 Å². The Labute approximate surface area is 153 Å². The van der Waals surface area contributed by atoms with Gasteiger partial charge in [0.1, 0.15) is 0 Å². The maximum Gasteiger partial charge on any atom is 0.260 e. The number of halogens is 1. The molecule has 2 aliphatic heterocycles. The predicted octanol–water partition coefficient (Wildman–Crippen LogP) is 3.12. The molecule has 0 bridgehead atoms. The summed E-state index contributed by atoms with van der Waals surface area (Å²) in [4.78, 5) is 26.5. The van der Waals surface area contributed by atoms with Crippen LogP contribution >= 0.6 is 15.9 Å². The number of rotatable bonds is 2. The van der Waals surface area contributed by atoms with Crippen molar-refractivity contribution in [2.24, 2.45) is 0 Å². The van der Waals surface area contributed by atoms with Crippen LogP contribution in [0.5, 0.6) is 0 Å². The molecule has 2 amide bonds. The first kappa shape index (κ1) is 16.1. The second kappa shape index (κ2) is 6.13. The number of nitrogens with one attached hydrogen (secondary N) is 2. The van der Waals surface area contributed by atoms with Crippen LogP contribution in [0.1, 0.15) is 27.0 Å². The standard InChI is InChI=1S/C19H16BrN3O2/c1-23-9-11-2-4-14(6-12(11)10-23)21-8-17-16-7-13(20)3-5-15(16)18(24)22-19(17)25/h2-8,21H,9-10H2,1H3,(H,22,24,25)/b17-8-. The first-order chi connectivity index (χ1) is 12.0. The number of carbonyl (C=O) groups is 2. The van der Waals surface area contributed by atoms with Gasteiger partial charge in [0, 0.05) is 40.6 Å². The first-order valence-corrected chi connectivity index (χ1v) is 8.73. The molecule has 2 heterocycles. The summed E-state index contributed by atoms with van der Waals surface area (Å²) >= 11 is 3.40. The monoisotopic (exact) mass is 397 g/mol. The van der Waals surface area contributed by atoms with E-state index in [0.29, 0.717) is 16.7 Å². The third-order valence-corrected chi connectivity index (χ3v) is 4.95. The van der Waals surface area contributed by atoms with Crippen molar-refractivity contribution in [2.45, 2.75) is 13.1 Å². The number of anilines is 1. The van der Waals surface area contributed by atoms with Crippen LogP contribution in [-0.2, 0) is 17.9 Å². The van der Waals surface area contributed by atoms with E-state index in [1.165, 1.54) is 11.1 Å². The zero-order chi connectivity index (χ0) is 17.6. The summed E-state index contributed by atoms with van der Waals surface area (Å²) in [6.07, 6.45) is 1.66. The first-order valence-electron chi connectivity index (χ1n) is 7.94. The Kier molecular flexibility index (Phi) is 3.94. The van der Waals surface area contributed by atoms with Crippen molar-refractivity contribution < 1.29 is 9.59 Å². The molecule has 2 N–H and O–H groups in total. The lowest BCUT2D eigenvalue weighted by Crippen LogP contribution is -2.36. The van der Waals surface area contributed by atoms with Crippen molar-refractivity contribution in [3.63, 3.8) is 0 Å². The van der Waals surface area contributed by atoms with Crippen LogP contribution in [0, 0.1) is 0 Å². The predicted molar refractivity (Wildman–Crippen MR) is 99.8 cm³/mol. The largest absolute Gasteiger partial charge is 0.361 e. The molecular weight excluding hydrogens is 382 g/mol. The number of fused-ring (bicyclic) bond motifs is 2. The molecule has 0 radical (unpaired) electrons. The Morgan fingerprint density at radius 3 is 2.68 bits per heavy atom. The molecule has 2 aliphatic rings. The number of hydrogen-bond donors (Lipinski definition) is 2. The number of benzene rings is 2. The third kappa shape index (κ3) is 2.99. The zero-order valence-corrected chi connectivity index (χ0v) is 15.2. The summed E-state index contributed by atoms with van der Waals surface area (Å²) in [5.41, 5.74) is 5.09. The molecule has 0 unspecified atom stereocenters. The highest BCUT2D eigenvalue weighted by atomic mass is 79.9. The number of hydrogen-bond acceptors (Lipinski definition) is 4. The summed E-state index contributed by atoms with van der Waals surface area (Å²) in [5, 5.41) is 5.58. The van der Waals surface area contributed by atoms with E-state index in [1.54, 1.807) is 24.4 Å². The van der Waals surface area contributed by atoms with E-state index in [1.807, 2.05) is 6.07 Å². The molecule has 0 aromatic heterocycles. The van der Waals surface area contributed by atoms with Crippen molar-refractivity contribution in [1.29, 1.82) is 0 Å². The van der Waals surface area contributed by atoms with E-state index in [-0.39, 0.29) is 5.91 Å². The number of nitrogens with zero attached hydrogens (tertiary/aromatic N) is 1. The second-order valence-electron chi connectivity index (χ2n) is 6.33. The second-order valence-corrected chi connectivity index (χ2v) is 7.25. The van der Waals surface area contributed by atoms with E-state index in [0.717, 1.165) is 23.2 Å². The van der Waals surface area contributed by atoms with E-state index in [9.17, 15) is 9.59 Å². The van der Waals surface area contributed by atoms with Crippen LogP contribution in [0.15, 0.2) is 47.1 Å². The van der Waals surface area contributed by atoms with Gasteiger partial charge in [-0.2, -0.15) is 0 Å². The molecule has 126 valence electrons. The molecule has 2 aromatic rings. The van der Waals surface area contributed by atoms with Gasteiger partial charge in [0.2, 0.25) is 0 Å². The minimum Gasteiger partial charge on any atom is -0.361 e. The molecular formula is C19H16BrN3O2. The molecule has 4 rings (SSSR count). The van der Waals surface area contributed by atoms with Gasteiger partial charge < -0.3 is 5.32 Å². The maximum absolute atomic E-state index is 12.3. The molecule has 2 aromatic carbocycles. The summed E-state index contributed by atoms with van der Waals surface area (Å²) in [6, 6.07) is 11.5. The van der Waals surface area contributed by atoms with Gasteiger partial charge in [-0.1, -0.05) is 22.0 Å². The maximum atomic E-state index is 12.3. The molecule has 5 nitrogen and oxygen atoms in total. The average molecular weight is 398 g/mol. The van der Waals surface area contributed by atoms with Crippen LogP contribution in [0.2, 0.25) is 0 Å². The highest BCUT2D eigenvalue weighted by molar-refractivity contribution is 9.10. The van der Waals surface area contributed by atoms with Gasteiger partial charge in [0.05, 0.1) is 5.57 Å². The fourth-order valence-electron chi connectivity index (χ4n) is 3.25. The van der Waals surface area contributed by atoms with Gasteiger partial charge in [-0.05, 0) is 48.5 Å². The van der Waals surface area contributed by atoms with Crippen molar-refractivity contribution >= 4 is 39.0 Å². The van der Waals surface area contributed by atoms with Gasteiger partial charge >= 0.3 is 0 Å². The minimum atomic E-state index is -0.399. The Bertz CT molecular complexity index is 936. The molecule has 0 aliphatic carbocycles. The van der Waals surface area contributed by atoms with E-state index in [4.69, 9.17) is 0 Å². The van der Waals surface area contributed by atoms with E-state index >= 15 is 0 Å².